The summed E-state index contributed by atoms with van der Waals surface area (Å²) >= 11 is 5.28. The molecule has 0 saturated heterocycles. The van der Waals surface area contributed by atoms with Crippen LogP contribution in [0.4, 0.5) is 0 Å². The van der Waals surface area contributed by atoms with Crippen molar-refractivity contribution < 1.29 is 0 Å². The molecule has 0 bridgehead atoms. The van der Waals surface area contributed by atoms with Crippen LogP contribution in [0.15, 0.2) is 40.2 Å². The lowest BCUT2D eigenvalue weighted by Crippen LogP contribution is -2.12. The maximum atomic E-state index is 6.25. The number of nitrogens with two attached hydrogens (primary N) is 1. The lowest BCUT2D eigenvalue weighted by Gasteiger charge is -2.14. The largest absolute Gasteiger partial charge is 0.324 e. The highest BCUT2D eigenvalue weighted by Gasteiger charge is 2.09. The summed E-state index contributed by atoms with van der Waals surface area (Å²) in [5.41, 5.74) is 8.77. The molecule has 0 radical (unpaired) electrons. The van der Waals surface area contributed by atoms with Crippen molar-refractivity contribution in [3.8, 4) is 0 Å². The summed E-state index contributed by atoms with van der Waals surface area (Å²) in [5.74, 6) is 0. The Morgan fingerprint density at radius 3 is 2.82 bits per heavy atom. The highest BCUT2D eigenvalue weighted by Crippen LogP contribution is 2.24. The number of thiophene rings is 1. The molecule has 0 fully saturated rings. The Bertz CT molecular complexity index is 479. The molecule has 0 amide bonds. The van der Waals surface area contributed by atoms with Gasteiger partial charge in [0.2, 0.25) is 0 Å². The Morgan fingerprint density at radius 1 is 1.35 bits per heavy atom. The van der Waals surface area contributed by atoms with E-state index < -0.39 is 0 Å². The fourth-order valence-corrected chi connectivity index (χ4v) is 3.16. The summed E-state index contributed by atoms with van der Waals surface area (Å²) < 4.78 is 1.12. The first-order valence-electron chi connectivity index (χ1n) is 5.71. The summed E-state index contributed by atoms with van der Waals surface area (Å²) in [6.45, 7) is 2.12. The van der Waals surface area contributed by atoms with Crippen LogP contribution < -0.4 is 5.73 Å². The van der Waals surface area contributed by atoms with Gasteiger partial charge in [-0.3, -0.25) is 0 Å². The zero-order valence-electron chi connectivity index (χ0n) is 9.82. The quantitative estimate of drug-likeness (QED) is 0.887. The van der Waals surface area contributed by atoms with Gasteiger partial charge in [0.25, 0.3) is 0 Å². The standard InChI is InChI=1S/C14H16BrNS/c1-10-9-11(15)4-6-13(10)14(16)7-5-12-3-2-8-17-12/h2-4,6,8-9,14H,5,7,16H2,1H3. The van der Waals surface area contributed by atoms with Crippen molar-refractivity contribution in [1.82, 2.24) is 0 Å². The van der Waals surface area contributed by atoms with Crippen LogP contribution in [0.1, 0.15) is 28.5 Å². The van der Waals surface area contributed by atoms with Crippen molar-refractivity contribution in [3.63, 3.8) is 0 Å². The van der Waals surface area contributed by atoms with Crippen molar-refractivity contribution in [1.29, 1.82) is 0 Å². The van der Waals surface area contributed by atoms with Crippen LogP contribution in [-0.4, -0.2) is 0 Å². The van der Waals surface area contributed by atoms with Crippen LogP contribution in [0.3, 0.4) is 0 Å². The second-order valence-corrected chi connectivity index (χ2v) is 6.17. The predicted octanol–water partition coefficient (Wildman–Crippen LogP) is 4.45. The van der Waals surface area contributed by atoms with Crippen LogP contribution in [0, 0.1) is 6.92 Å². The first kappa shape index (κ1) is 12.8. The van der Waals surface area contributed by atoms with E-state index in [0.29, 0.717) is 0 Å². The van der Waals surface area contributed by atoms with Gasteiger partial charge in [-0.1, -0.05) is 28.1 Å². The number of hydrogen-bond donors (Lipinski definition) is 1. The molecule has 1 aromatic carbocycles. The Morgan fingerprint density at radius 2 is 2.18 bits per heavy atom. The maximum absolute atomic E-state index is 6.25. The highest BCUT2D eigenvalue weighted by atomic mass is 79.9. The van der Waals surface area contributed by atoms with E-state index in [1.54, 1.807) is 11.3 Å². The van der Waals surface area contributed by atoms with E-state index in [4.69, 9.17) is 5.73 Å². The molecule has 2 N–H and O–H groups in total. The lowest BCUT2D eigenvalue weighted by molar-refractivity contribution is 0.651. The smallest absolute Gasteiger partial charge is 0.0300 e. The van der Waals surface area contributed by atoms with E-state index in [1.807, 2.05) is 0 Å². The summed E-state index contributed by atoms with van der Waals surface area (Å²) in [4.78, 5) is 1.41. The second-order valence-electron chi connectivity index (χ2n) is 4.23. The minimum Gasteiger partial charge on any atom is -0.324 e. The fraction of sp³-hybridized carbons (Fsp3) is 0.286. The fourth-order valence-electron chi connectivity index (χ4n) is 1.96. The first-order chi connectivity index (χ1) is 8.16. The number of benzene rings is 1. The van der Waals surface area contributed by atoms with Crippen molar-refractivity contribution in [3.05, 3.63) is 56.2 Å². The van der Waals surface area contributed by atoms with E-state index in [-0.39, 0.29) is 6.04 Å². The Hall–Kier alpha value is -0.640. The number of halogens is 1. The van der Waals surface area contributed by atoms with Gasteiger partial charge in [0, 0.05) is 15.4 Å². The van der Waals surface area contributed by atoms with E-state index >= 15 is 0 Å². The van der Waals surface area contributed by atoms with Crippen LogP contribution in [0.25, 0.3) is 0 Å². The zero-order chi connectivity index (χ0) is 12.3. The van der Waals surface area contributed by atoms with Gasteiger partial charge >= 0.3 is 0 Å². The first-order valence-corrected chi connectivity index (χ1v) is 7.38. The Kier molecular flexibility index (Phi) is 4.37. The minimum atomic E-state index is 0.130. The molecule has 0 aliphatic heterocycles. The van der Waals surface area contributed by atoms with Gasteiger partial charge in [-0.25, -0.2) is 0 Å². The zero-order valence-corrected chi connectivity index (χ0v) is 12.2. The molecule has 0 saturated carbocycles. The lowest BCUT2D eigenvalue weighted by atomic mass is 9.98. The van der Waals surface area contributed by atoms with Gasteiger partial charge < -0.3 is 5.73 Å². The van der Waals surface area contributed by atoms with Gasteiger partial charge in [-0.2, -0.15) is 0 Å². The molecule has 0 aliphatic carbocycles. The molecule has 2 aromatic rings. The van der Waals surface area contributed by atoms with E-state index in [2.05, 4.69) is 58.6 Å². The predicted molar refractivity (Wildman–Crippen MR) is 78.4 cm³/mol. The molecule has 2 rings (SSSR count). The third-order valence-corrected chi connectivity index (χ3v) is 4.34. The van der Waals surface area contributed by atoms with Crippen LogP contribution in [0.2, 0.25) is 0 Å². The molecule has 17 heavy (non-hydrogen) atoms. The Labute approximate surface area is 115 Å². The molecule has 1 aromatic heterocycles. The molecule has 1 heterocycles. The topological polar surface area (TPSA) is 26.0 Å². The van der Waals surface area contributed by atoms with Crippen molar-refractivity contribution in [2.45, 2.75) is 25.8 Å². The van der Waals surface area contributed by atoms with Gasteiger partial charge in [0.15, 0.2) is 0 Å². The number of hydrogen-bond acceptors (Lipinski definition) is 2. The summed E-state index contributed by atoms with van der Waals surface area (Å²) in [6, 6.07) is 10.7. The third kappa shape index (κ3) is 3.41. The van der Waals surface area contributed by atoms with Crippen molar-refractivity contribution in [2.75, 3.05) is 0 Å². The minimum absolute atomic E-state index is 0.130. The van der Waals surface area contributed by atoms with Crippen molar-refractivity contribution in [2.24, 2.45) is 5.73 Å². The maximum Gasteiger partial charge on any atom is 0.0300 e. The highest BCUT2D eigenvalue weighted by molar-refractivity contribution is 9.10. The monoisotopic (exact) mass is 309 g/mol. The van der Waals surface area contributed by atoms with E-state index in [1.165, 1.54) is 16.0 Å². The molecule has 1 unspecified atom stereocenters. The second kappa shape index (κ2) is 5.80. The molecule has 90 valence electrons. The Balaban J connectivity index is 2.01. The molecular formula is C14H16BrNS. The van der Waals surface area contributed by atoms with Gasteiger partial charge in [-0.15, -0.1) is 11.3 Å². The van der Waals surface area contributed by atoms with E-state index in [9.17, 15) is 0 Å². The number of aryl methyl sites for hydroxylation is 2. The molecule has 1 nitrogen and oxygen atoms in total. The third-order valence-electron chi connectivity index (χ3n) is 2.91. The summed E-state index contributed by atoms with van der Waals surface area (Å²) in [5, 5.41) is 2.12. The van der Waals surface area contributed by atoms with Gasteiger partial charge in [0.05, 0.1) is 0 Å². The average molecular weight is 310 g/mol. The number of rotatable bonds is 4. The van der Waals surface area contributed by atoms with E-state index in [0.717, 1.165) is 17.3 Å². The van der Waals surface area contributed by atoms with Gasteiger partial charge in [0.1, 0.15) is 0 Å². The van der Waals surface area contributed by atoms with Crippen molar-refractivity contribution >= 4 is 27.3 Å². The molecule has 0 aliphatic rings. The average Bonchev–Trinajstić information content (AvgIpc) is 2.78. The molecule has 3 heteroatoms. The van der Waals surface area contributed by atoms with Crippen LogP contribution >= 0.6 is 27.3 Å². The normalized spacial score (nSPS) is 12.6. The SMILES string of the molecule is Cc1cc(Br)ccc1C(N)CCc1cccs1. The van der Waals surface area contributed by atoms with Crippen LogP contribution in [0.5, 0.6) is 0 Å². The van der Waals surface area contributed by atoms with Crippen LogP contribution in [-0.2, 0) is 6.42 Å². The van der Waals surface area contributed by atoms with Gasteiger partial charge in [-0.05, 0) is 54.5 Å². The summed E-state index contributed by atoms with van der Waals surface area (Å²) in [7, 11) is 0. The molecule has 0 spiro atoms. The summed E-state index contributed by atoms with van der Waals surface area (Å²) in [6.07, 6.45) is 2.07. The molecule has 1 atom stereocenters. The molecular weight excluding hydrogens is 294 g/mol.